The molecule has 4 heteroatoms. The van der Waals surface area contributed by atoms with Crippen LogP contribution in [0.1, 0.15) is 26.7 Å². The molecule has 1 N–H and O–H groups in total. The molecule has 0 radical (unpaired) electrons. The van der Waals surface area contributed by atoms with E-state index in [-0.39, 0.29) is 11.7 Å². The second-order valence-corrected chi connectivity index (χ2v) is 5.33. The molecule has 2 atom stereocenters. The maximum absolute atomic E-state index is 13.6. The number of likely N-dealkylation sites (tertiary alicyclic amines) is 1. The van der Waals surface area contributed by atoms with Crippen molar-refractivity contribution in [3.8, 4) is 0 Å². The number of nitrogens with one attached hydrogen (secondary N) is 1. The average molecular weight is 268 g/mol. The molecule has 1 heterocycles. The topological polar surface area (TPSA) is 15.3 Å². The highest BCUT2D eigenvalue weighted by Gasteiger charge is 2.24. The minimum Gasteiger partial charge on any atom is -0.380 e. The SMILES string of the molecule is CCN1CCCC(C(C)Nc2cccc(F)c2F)C1. The Bertz CT molecular complexity index is 423. The molecular weight excluding hydrogens is 246 g/mol. The molecule has 0 aromatic heterocycles. The summed E-state index contributed by atoms with van der Waals surface area (Å²) in [5, 5.41) is 3.12. The van der Waals surface area contributed by atoms with Crippen LogP contribution in [-0.2, 0) is 0 Å². The lowest BCUT2D eigenvalue weighted by Crippen LogP contribution is -2.41. The molecule has 19 heavy (non-hydrogen) atoms. The van der Waals surface area contributed by atoms with Crippen LogP contribution < -0.4 is 5.32 Å². The van der Waals surface area contributed by atoms with Crippen molar-refractivity contribution in [3.05, 3.63) is 29.8 Å². The number of halogens is 2. The van der Waals surface area contributed by atoms with E-state index in [9.17, 15) is 8.78 Å². The number of hydrogen-bond acceptors (Lipinski definition) is 2. The van der Waals surface area contributed by atoms with Gasteiger partial charge in [0, 0.05) is 12.6 Å². The predicted octanol–water partition coefficient (Wildman–Crippen LogP) is 3.50. The second kappa shape index (κ2) is 6.33. The summed E-state index contributed by atoms with van der Waals surface area (Å²) < 4.78 is 26.8. The minimum atomic E-state index is -0.795. The first-order valence-electron chi connectivity index (χ1n) is 7.04. The normalized spacial score (nSPS) is 22.2. The Morgan fingerprint density at radius 1 is 1.42 bits per heavy atom. The van der Waals surface area contributed by atoms with Crippen LogP contribution in [0.3, 0.4) is 0 Å². The third kappa shape index (κ3) is 3.44. The third-order valence-electron chi connectivity index (χ3n) is 4.03. The molecule has 0 amide bonds. The fourth-order valence-electron chi connectivity index (χ4n) is 2.77. The summed E-state index contributed by atoms with van der Waals surface area (Å²) in [4.78, 5) is 2.41. The number of piperidine rings is 1. The van der Waals surface area contributed by atoms with Gasteiger partial charge in [-0.25, -0.2) is 8.78 Å². The zero-order valence-electron chi connectivity index (χ0n) is 11.6. The molecule has 0 bridgehead atoms. The molecular formula is C15H22F2N2. The van der Waals surface area contributed by atoms with Gasteiger partial charge >= 0.3 is 0 Å². The van der Waals surface area contributed by atoms with Gasteiger partial charge in [-0.15, -0.1) is 0 Å². The van der Waals surface area contributed by atoms with Gasteiger partial charge < -0.3 is 10.2 Å². The predicted molar refractivity (Wildman–Crippen MR) is 74.3 cm³/mol. The molecule has 1 aromatic rings. The number of benzene rings is 1. The highest BCUT2D eigenvalue weighted by Crippen LogP contribution is 2.24. The molecule has 1 saturated heterocycles. The summed E-state index contributed by atoms with van der Waals surface area (Å²) in [6.45, 7) is 7.44. The zero-order valence-corrected chi connectivity index (χ0v) is 11.6. The smallest absolute Gasteiger partial charge is 0.181 e. The van der Waals surface area contributed by atoms with Gasteiger partial charge in [-0.2, -0.15) is 0 Å². The molecule has 0 saturated carbocycles. The lowest BCUT2D eigenvalue weighted by molar-refractivity contribution is 0.172. The molecule has 2 rings (SSSR count). The summed E-state index contributed by atoms with van der Waals surface area (Å²) in [6.07, 6.45) is 2.32. The van der Waals surface area contributed by atoms with Crippen molar-refractivity contribution < 1.29 is 8.78 Å². The molecule has 1 fully saturated rings. The Morgan fingerprint density at radius 2 is 2.21 bits per heavy atom. The number of hydrogen-bond donors (Lipinski definition) is 1. The molecule has 1 aromatic carbocycles. The van der Waals surface area contributed by atoms with Gasteiger partial charge in [0.1, 0.15) is 0 Å². The lowest BCUT2D eigenvalue weighted by atomic mass is 9.91. The van der Waals surface area contributed by atoms with E-state index in [1.54, 1.807) is 6.07 Å². The van der Waals surface area contributed by atoms with Gasteiger partial charge in [-0.1, -0.05) is 13.0 Å². The maximum atomic E-state index is 13.6. The van der Waals surface area contributed by atoms with Crippen LogP contribution in [0.2, 0.25) is 0 Å². The highest BCUT2D eigenvalue weighted by molar-refractivity contribution is 5.45. The van der Waals surface area contributed by atoms with Crippen LogP contribution in [0, 0.1) is 17.6 Å². The molecule has 0 aliphatic carbocycles. The van der Waals surface area contributed by atoms with Crippen molar-refractivity contribution in [3.63, 3.8) is 0 Å². The molecule has 0 spiro atoms. The molecule has 2 unspecified atom stereocenters. The quantitative estimate of drug-likeness (QED) is 0.899. The Kier molecular flexibility index (Phi) is 4.75. The number of anilines is 1. The molecule has 106 valence electrons. The fraction of sp³-hybridized carbons (Fsp3) is 0.600. The van der Waals surface area contributed by atoms with Crippen molar-refractivity contribution in [2.24, 2.45) is 5.92 Å². The van der Waals surface area contributed by atoms with Gasteiger partial charge in [-0.05, 0) is 50.9 Å². The Balaban J connectivity index is 2.00. The van der Waals surface area contributed by atoms with Crippen LogP contribution in [0.15, 0.2) is 18.2 Å². The number of rotatable bonds is 4. The summed E-state index contributed by atoms with van der Waals surface area (Å²) in [6, 6.07) is 4.41. The Labute approximate surface area is 113 Å². The Morgan fingerprint density at radius 3 is 2.95 bits per heavy atom. The maximum Gasteiger partial charge on any atom is 0.181 e. The van der Waals surface area contributed by atoms with Crippen LogP contribution >= 0.6 is 0 Å². The van der Waals surface area contributed by atoms with E-state index in [0.717, 1.165) is 32.1 Å². The van der Waals surface area contributed by atoms with Crippen LogP contribution in [-0.4, -0.2) is 30.6 Å². The van der Waals surface area contributed by atoms with E-state index in [4.69, 9.17) is 0 Å². The van der Waals surface area contributed by atoms with Crippen LogP contribution in [0.5, 0.6) is 0 Å². The van der Waals surface area contributed by atoms with Crippen molar-refractivity contribution in [2.75, 3.05) is 25.0 Å². The molecule has 2 nitrogen and oxygen atoms in total. The van der Waals surface area contributed by atoms with Gasteiger partial charge in [0.15, 0.2) is 11.6 Å². The average Bonchev–Trinajstić information content (AvgIpc) is 2.44. The monoisotopic (exact) mass is 268 g/mol. The lowest BCUT2D eigenvalue weighted by Gasteiger charge is -2.35. The first-order chi connectivity index (χ1) is 9.11. The van der Waals surface area contributed by atoms with Gasteiger partial charge in [-0.3, -0.25) is 0 Å². The fourth-order valence-corrected chi connectivity index (χ4v) is 2.77. The summed E-state index contributed by atoms with van der Waals surface area (Å²) in [7, 11) is 0. The first-order valence-corrected chi connectivity index (χ1v) is 7.04. The van der Waals surface area contributed by atoms with E-state index in [1.807, 2.05) is 6.92 Å². The van der Waals surface area contributed by atoms with Crippen LogP contribution in [0.4, 0.5) is 14.5 Å². The van der Waals surface area contributed by atoms with Gasteiger partial charge in [0.05, 0.1) is 5.69 Å². The van der Waals surface area contributed by atoms with Crippen molar-refractivity contribution in [2.45, 2.75) is 32.7 Å². The minimum absolute atomic E-state index is 0.144. The second-order valence-electron chi connectivity index (χ2n) is 5.33. The van der Waals surface area contributed by atoms with Crippen molar-refractivity contribution in [1.82, 2.24) is 4.90 Å². The summed E-state index contributed by atoms with van der Waals surface area (Å²) >= 11 is 0. The summed E-state index contributed by atoms with van der Waals surface area (Å²) in [5.41, 5.74) is 0.265. The number of nitrogens with zero attached hydrogens (tertiary/aromatic N) is 1. The van der Waals surface area contributed by atoms with E-state index < -0.39 is 11.6 Å². The first kappa shape index (κ1) is 14.3. The highest BCUT2D eigenvalue weighted by atomic mass is 19.2. The van der Waals surface area contributed by atoms with E-state index in [2.05, 4.69) is 17.1 Å². The van der Waals surface area contributed by atoms with Gasteiger partial charge in [0.2, 0.25) is 0 Å². The zero-order chi connectivity index (χ0) is 13.8. The van der Waals surface area contributed by atoms with E-state index in [0.29, 0.717) is 5.92 Å². The third-order valence-corrected chi connectivity index (χ3v) is 4.03. The van der Waals surface area contributed by atoms with Crippen molar-refractivity contribution >= 4 is 5.69 Å². The Hall–Kier alpha value is -1.16. The molecule has 1 aliphatic heterocycles. The van der Waals surface area contributed by atoms with Crippen LogP contribution in [0.25, 0.3) is 0 Å². The molecule has 1 aliphatic rings. The standard InChI is InChI=1S/C15H22F2N2/c1-3-19-9-5-6-12(10-19)11(2)18-14-8-4-7-13(16)15(14)17/h4,7-8,11-12,18H,3,5-6,9-10H2,1-2H3. The van der Waals surface area contributed by atoms with Gasteiger partial charge in [0.25, 0.3) is 0 Å². The largest absolute Gasteiger partial charge is 0.380 e. The van der Waals surface area contributed by atoms with E-state index in [1.165, 1.54) is 12.5 Å². The summed E-state index contributed by atoms with van der Waals surface area (Å²) in [5.74, 6) is -1.09. The van der Waals surface area contributed by atoms with E-state index >= 15 is 0 Å². The van der Waals surface area contributed by atoms with Crippen molar-refractivity contribution in [1.29, 1.82) is 0 Å².